The van der Waals surface area contributed by atoms with Gasteiger partial charge in [0.1, 0.15) is 23.1 Å². The van der Waals surface area contributed by atoms with Crippen molar-refractivity contribution < 1.29 is 26.8 Å². The van der Waals surface area contributed by atoms with Crippen molar-refractivity contribution in [3.63, 3.8) is 0 Å². The molecule has 10 heteroatoms. The smallest absolute Gasteiger partial charge is 0.252 e. The summed E-state index contributed by atoms with van der Waals surface area (Å²) in [4.78, 5) is 3.89. The lowest BCUT2D eigenvalue weighted by atomic mass is 10.1. The molecule has 0 saturated carbocycles. The topological polar surface area (TPSA) is 94.8 Å². The molecule has 1 saturated heterocycles. The number of nitrogens with zero attached hydrogens (tertiary/aromatic N) is 3. The van der Waals surface area contributed by atoms with E-state index in [9.17, 15) is 12.8 Å². The number of benzene rings is 1. The molecule has 26 heavy (non-hydrogen) atoms. The molecule has 1 aromatic heterocycles. The molecule has 1 aliphatic rings. The van der Waals surface area contributed by atoms with Crippen LogP contribution >= 0.6 is 0 Å². The first-order valence-corrected chi connectivity index (χ1v) is 9.58. The molecule has 3 rings (SSSR count). The van der Waals surface area contributed by atoms with Crippen molar-refractivity contribution in [1.29, 1.82) is 0 Å². The first-order valence-electron chi connectivity index (χ1n) is 8.14. The van der Waals surface area contributed by atoms with Crippen molar-refractivity contribution in [3.8, 4) is 5.75 Å². The van der Waals surface area contributed by atoms with E-state index in [-0.39, 0.29) is 36.4 Å². The molecule has 1 aromatic carbocycles. The Morgan fingerprint density at radius 1 is 1.35 bits per heavy atom. The van der Waals surface area contributed by atoms with Crippen molar-refractivity contribution in [3.05, 3.63) is 35.7 Å². The summed E-state index contributed by atoms with van der Waals surface area (Å²) in [6.45, 7) is 2.46. The summed E-state index contributed by atoms with van der Waals surface area (Å²) in [5.41, 5.74) is 0. The lowest BCUT2D eigenvalue weighted by Crippen LogP contribution is -2.40. The SMILES string of the molecule is COc1ccc(F)cc1S(=O)(=O)N1CCC(OCc2nc(C)no2)CC1. The van der Waals surface area contributed by atoms with E-state index in [4.69, 9.17) is 14.0 Å². The number of aryl methyl sites for hydroxylation is 1. The molecule has 0 spiro atoms. The molecule has 0 N–H and O–H groups in total. The normalized spacial score (nSPS) is 16.7. The first kappa shape index (κ1) is 18.7. The molecule has 8 nitrogen and oxygen atoms in total. The van der Waals surface area contributed by atoms with Gasteiger partial charge in [-0.25, -0.2) is 12.8 Å². The van der Waals surface area contributed by atoms with E-state index in [2.05, 4.69) is 10.1 Å². The van der Waals surface area contributed by atoms with Crippen LogP contribution in [0.1, 0.15) is 24.6 Å². The maximum absolute atomic E-state index is 13.5. The summed E-state index contributed by atoms with van der Waals surface area (Å²) in [5, 5.41) is 3.69. The molecule has 0 amide bonds. The predicted octanol–water partition coefficient (Wildman–Crippen LogP) is 1.90. The van der Waals surface area contributed by atoms with Crippen LogP contribution in [0.5, 0.6) is 5.75 Å². The third kappa shape index (κ3) is 4.02. The second kappa shape index (κ2) is 7.68. The number of aromatic nitrogens is 2. The third-order valence-electron chi connectivity index (χ3n) is 4.16. The Hall–Kier alpha value is -2.04. The minimum atomic E-state index is -3.84. The van der Waals surface area contributed by atoms with Gasteiger partial charge in [-0.05, 0) is 38.0 Å². The van der Waals surface area contributed by atoms with E-state index in [1.54, 1.807) is 6.92 Å². The monoisotopic (exact) mass is 385 g/mol. The minimum absolute atomic E-state index is 0.108. The maximum Gasteiger partial charge on any atom is 0.252 e. The Kier molecular flexibility index (Phi) is 5.54. The molecule has 1 fully saturated rings. The number of piperidine rings is 1. The number of halogens is 1. The van der Waals surface area contributed by atoms with E-state index in [0.29, 0.717) is 24.6 Å². The predicted molar refractivity (Wildman–Crippen MR) is 88.6 cm³/mol. The van der Waals surface area contributed by atoms with Crippen LogP contribution in [-0.2, 0) is 21.4 Å². The van der Waals surface area contributed by atoms with Crippen molar-refractivity contribution in [2.45, 2.75) is 37.4 Å². The van der Waals surface area contributed by atoms with Gasteiger partial charge in [0.2, 0.25) is 10.0 Å². The zero-order valence-corrected chi connectivity index (χ0v) is 15.3. The maximum atomic E-state index is 13.5. The third-order valence-corrected chi connectivity index (χ3v) is 6.08. The van der Waals surface area contributed by atoms with E-state index >= 15 is 0 Å². The van der Waals surface area contributed by atoms with Gasteiger partial charge >= 0.3 is 0 Å². The van der Waals surface area contributed by atoms with Gasteiger partial charge in [0.15, 0.2) is 5.82 Å². The molecule has 0 atom stereocenters. The van der Waals surface area contributed by atoms with E-state index in [1.807, 2.05) is 0 Å². The van der Waals surface area contributed by atoms with Gasteiger partial charge in [-0.1, -0.05) is 5.16 Å². The van der Waals surface area contributed by atoms with E-state index in [0.717, 1.165) is 12.1 Å². The average Bonchev–Trinajstić information content (AvgIpc) is 3.05. The Bertz CT molecular complexity index is 863. The van der Waals surface area contributed by atoms with Crippen LogP contribution in [0.3, 0.4) is 0 Å². The summed E-state index contributed by atoms with van der Waals surface area (Å²) in [7, 11) is -2.49. The van der Waals surface area contributed by atoms with E-state index < -0.39 is 15.8 Å². The number of sulfonamides is 1. The van der Waals surface area contributed by atoms with Crippen molar-refractivity contribution in [1.82, 2.24) is 14.4 Å². The molecule has 0 bridgehead atoms. The Labute approximate surface area is 151 Å². The van der Waals surface area contributed by atoms with Crippen LogP contribution < -0.4 is 4.74 Å². The molecular weight excluding hydrogens is 365 g/mol. The highest BCUT2D eigenvalue weighted by atomic mass is 32.2. The van der Waals surface area contributed by atoms with Gasteiger partial charge in [-0.3, -0.25) is 0 Å². The highest BCUT2D eigenvalue weighted by Crippen LogP contribution is 2.29. The fourth-order valence-electron chi connectivity index (χ4n) is 2.82. The Morgan fingerprint density at radius 3 is 2.69 bits per heavy atom. The Morgan fingerprint density at radius 2 is 2.08 bits per heavy atom. The van der Waals surface area contributed by atoms with Crippen molar-refractivity contribution in [2.75, 3.05) is 20.2 Å². The zero-order valence-electron chi connectivity index (χ0n) is 14.5. The van der Waals surface area contributed by atoms with E-state index in [1.165, 1.54) is 17.5 Å². The first-order chi connectivity index (χ1) is 12.4. The molecule has 2 heterocycles. The second-order valence-electron chi connectivity index (χ2n) is 5.94. The second-order valence-corrected chi connectivity index (χ2v) is 7.85. The van der Waals surface area contributed by atoms with Crippen LogP contribution in [-0.4, -0.2) is 49.2 Å². The molecule has 2 aromatic rings. The average molecular weight is 385 g/mol. The molecule has 0 aliphatic carbocycles. The van der Waals surface area contributed by atoms with Crippen LogP contribution in [0.15, 0.2) is 27.6 Å². The largest absolute Gasteiger partial charge is 0.495 e. The van der Waals surface area contributed by atoms with Crippen molar-refractivity contribution in [2.24, 2.45) is 0 Å². The van der Waals surface area contributed by atoms with Crippen LogP contribution in [0.2, 0.25) is 0 Å². The number of methoxy groups -OCH3 is 1. The van der Waals surface area contributed by atoms with Gasteiger partial charge in [0, 0.05) is 13.1 Å². The molecule has 142 valence electrons. The van der Waals surface area contributed by atoms with Gasteiger partial charge in [-0.2, -0.15) is 9.29 Å². The summed E-state index contributed by atoms with van der Waals surface area (Å²) < 4.78 is 56.2. The molecule has 0 radical (unpaired) electrons. The summed E-state index contributed by atoms with van der Waals surface area (Å²) in [6.07, 6.45) is 0.927. The lowest BCUT2D eigenvalue weighted by Gasteiger charge is -2.31. The summed E-state index contributed by atoms with van der Waals surface area (Å²) in [5.74, 6) is 0.421. The van der Waals surface area contributed by atoms with Gasteiger partial charge in [-0.15, -0.1) is 0 Å². The number of rotatable bonds is 6. The summed E-state index contributed by atoms with van der Waals surface area (Å²) >= 11 is 0. The van der Waals surface area contributed by atoms with Crippen LogP contribution in [0.25, 0.3) is 0 Å². The van der Waals surface area contributed by atoms with Crippen molar-refractivity contribution >= 4 is 10.0 Å². The molecule has 0 unspecified atom stereocenters. The van der Waals surface area contributed by atoms with Gasteiger partial charge < -0.3 is 14.0 Å². The van der Waals surface area contributed by atoms with Gasteiger partial charge in [0.25, 0.3) is 5.89 Å². The zero-order chi connectivity index (χ0) is 18.7. The lowest BCUT2D eigenvalue weighted by molar-refractivity contribution is -0.00120. The van der Waals surface area contributed by atoms with Gasteiger partial charge in [0.05, 0.1) is 13.2 Å². The Balaban J connectivity index is 1.62. The quantitative estimate of drug-likeness (QED) is 0.749. The highest BCUT2D eigenvalue weighted by Gasteiger charge is 2.32. The molecule has 1 aliphatic heterocycles. The number of ether oxygens (including phenoxy) is 2. The molecular formula is C16H20FN3O5S. The summed E-state index contributed by atoms with van der Waals surface area (Å²) in [6, 6.07) is 3.45. The standard InChI is InChI=1S/C16H20FN3O5S/c1-11-18-16(25-19-11)10-24-13-5-7-20(8-6-13)26(21,22)15-9-12(17)3-4-14(15)23-2/h3-4,9,13H,5-8,10H2,1-2H3. The minimum Gasteiger partial charge on any atom is -0.495 e. The highest BCUT2D eigenvalue weighted by molar-refractivity contribution is 7.89. The number of hydrogen-bond donors (Lipinski definition) is 0. The van der Waals surface area contributed by atoms with Crippen LogP contribution in [0.4, 0.5) is 4.39 Å². The number of hydrogen-bond acceptors (Lipinski definition) is 7. The van der Waals surface area contributed by atoms with Crippen LogP contribution in [0, 0.1) is 12.7 Å². The fraction of sp³-hybridized carbons (Fsp3) is 0.500. The fourth-order valence-corrected chi connectivity index (χ4v) is 4.45.